The average molecular weight is 761 g/mol. The van der Waals surface area contributed by atoms with Crippen molar-refractivity contribution in [3.05, 3.63) is 93.0 Å². The van der Waals surface area contributed by atoms with Crippen LogP contribution in [0.5, 0.6) is 11.5 Å². The van der Waals surface area contributed by atoms with Crippen molar-refractivity contribution in [1.29, 1.82) is 0 Å². The van der Waals surface area contributed by atoms with E-state index in [4.69, 9.17) is 38.9 Å². The molecule has 14 nitrogen and oxygen atoms in total. The van der Waals surface area contributed by atoms with E-state index in [1.165, 1.54) is 7.11 Å². The van der Waals surface area contributed by atoms with Crippen LogP contribution in [0.3, 0.4) is 0 Å². The van der Waals surface area contributed by atoms with Crippen LogP contribution in [0.4, 0.5) is 13.2 Å². The number of ether oxygens (including phenoxy) is 4. The summed E-state index contributed by atoms with van der Waals surface area (Å²) in [7, 11) is 3.13. The van der Waals surface area contributed by atoms with Gasteiger partial charge in [0.25, 0.3) is 0 Å². The van der Waals surface area contributed by atoms with Gasteiger partial charge in [0.05, 0.1) is 37.8 Å². The second kappa shape index (κ2) is 20.1. The number of oxime groups is 1. The summed E-state index contributed by atoms with van der Waals surface area (Å²) in [5.41, 5.74) is 11.6. The Labute approximate surface area is 311 Å². The Morgan fingerprint density at radius 3 is 1.72 bits per heavy atom. The number of methoxy groups -OCH3 is 2. The number of nitrogens with zero attached hydrogens (tertiary/aromatic N) is 5. The van der Waals surface area contributed by atoms with E-state index in [-0.39, 0.29) is 25.7 Å². The molecule has 3 heterocycles. The standard InChI is InChI=1S/C19H20F3N3O4.C17H23N3O4.CH4/c1-11-7-13(17-23-18(29-25-17)19(20,21)22)9-14(10-26-3)16(11)27-6-4-5-15-8-12(2)24-28-15;1-11-7-13(17(18)19-21)9-14(10-22-3)16(11)23-6-4-5-15-8-12(2)20-24-15;/h7-9H,4-6,10H2,1-3H3;7-9,21H,4-6,10H2,1-3H3,(H2,18,19);1H4. The number of hydrogen-bond acceptors (Lipinski definition) is 13. The molecule has 0 fully saturated rings. The third kappa shape index (κ3) is 12.1. The fourth-order valence-electron chi connectivity index (χ4n) is 5.33. The van der Waals surface area contributed by atoms with Crippen molar-refractivity contribution in [2.75, 3.05) is 27.4 Å². The normalized spacial score (nSPS) is 11.5. The van der Waals surface area contributed by atoms with Gasteiger partial charge in [-0.3, -0.25) is 0 Å². The number of halogens is 3. The van der Waals surface area contributed by atoms with Gasteiger partial charge in [0.15, 0.2) is 5.84 Å². The van der Waals surface area contributed by atoms with Crippen LogP contribution in [0.1, 0.15) is 76.9 Å². The first kappa shape index (κ1) is 43.0. The highest BCUT2D eigenvalue weighted by Gasteiger charge is 2.38. The van der Waals surface area contributed by atoms with Crippen molar-refractivity contribution < 1.29 is 50.9 Å². The number of amidine groups is 1. The third-order valence-corrected chi connectivity index (χ3v) is 7.61. The van der Waals surface area contributed by atoms with E-state index < -0.39 is 12.1 Å². The molecule has 0 unspecified atom stereocenters. The highest BCUT2D eigenvalue weighted by atomic mass is 19.4. The molecule has 2 aromatic carbocycles. The Morgan fingerprint density at radius 2 is 1.28 bits per heavy atom. The minimum atomic E-state index is -4.69. The van der Waals surface area contributed by atoms with Gasteiger partial charge in [-0.25, -0.2) is 0 Å². The Kier molecular flexibility index (Phi) is 16.0. The molecule has 0 aliphatic carbocycles. The summed E-state index contributed by atoms with van der Waals surface area (Å²) in [5, 5.41) is 23.0. The summed E-state index contributed by atoms with van der Waals surface area (Å²) >= 11 is 0. The predicted molar refractivity (Wildman–Crippen MR) is 191 cm³/mol. The van der Waals surface area contributed by atoms with E-state index >= 15 is 0 Å². The Hall–Kier alpha value is -5.42. The molecule has 0 radical (unpaired) electrons. The molecule has 0 bridgehead atoms. The van der Waals surface area contributed by atoms with Gasteiger partial charge >= 0.3 is 12.1 Å². The summed E-state index contributed by atoms with van der Waals surface area (Å²) in [6, 6.07) is 10.7. The van der Waals surface area contributed by atoms with Crippen LogP contribution >= 0.6 is 0 Å². The summed E-state index contributed by atoms with van der Waals surface area (Å²) in [5.74, 6) is 1.54. The first-order chi connectivity index (χ1) is 25.3. The highest BCUT2D eigenvalue weighted by molar-refractivity contribution is 5.97. The molecule has 5 rings (SSSR count). The zero-order chi connectivity index (χ0) is 38.5. The molecule has 294 valence electrons. The molecule has 17 heteroatoms. The SMILES string of the molecule is C.COCc1cc(-c2noc(C(F)(F)F)n2)cc(C)c1OCCCc1cc(C)no1.COCc1cc(/C(N)=N/O)cc(C)c1OCCCc1cc(C)no1. The van der Waals surface area contributed by atoms with E-state index in [9.17, 15) is 13.2 Å². The van der Waals surface area contributed by atoms with E-state index in [1.807, 2.05) is 39.0 Å². The van der Waals surface area contributed by atoms with Gasteiger partial charge in [0.2, 0.25) is 5.82 Å². The van der Waals surface area contributed by atoms with Crippen LogP contribution < -0.4 is 15.2 Å². The number of hydrogen-bond donors (Lipinski definition) is 2. The van der Waals surface area contributed by atoms with E-state index in [1.54, 1.807) is 32.2 Å². The maximum Gasteiger partial charge on any atom is 0.471 e. The summed E-state index contributed by atoms with van der Waals surface area (Å²) in [4.78, 5) is 3.43. The number of rotatable bonds is 16. The van der Waals surface area contributed by atoms with Crippen molar-refractivity contribution in [3.8, 4) is 22.9 Å². The molecule has 3 N–H and O–H groups in total. The van der Waals surface area contributed by atoms with E-state index in [0.717, 1.165) is 58.2 Å². The van der Waals surface area contributed by atoms with Crippen molar-refractivity contribution >= 4 is 5.84 Å². The van der Waals surface area contributed by atoms with E-state index in [2.05, 4.69) is 30.1 Å². The van der Waals surface area contributed by atoms with Crippen molar-refractivity contribution in [2.45, 2.75) is 80.2 Å². The van der Waals surface area contributed by atoms with Crippen LogP contribution in [-0.2, 0) is 41.7 Å². The van der Waals surface area contributed by atoms with Gasteiger partial charge in [-0.1, -0.05) is 28.1 Å². The van der Waals surface area contributed by atoms with Gasteiger partial charge in [-0.2, -0.15) is 18.2 Å². The number of nitrogens with two attached hydrogens (primary N) is 1. The number of benzene rings is 2. The summed E-state index contributed by atoms with van der Waals surface area (Å²) < 4.78 is 75.1. The number of alkyl halides is 3. The van der Waals surface area contributed by atoms with Crippen LogP contribution in [0, 0.1) is 27.7 Å². The zero-order valence-electron chi connectivity index (χ0n) is 30.4. The largest absolute Gasteiger partial charge is 0.493 e. The van der Waals surface area contributed by atoms with Gasteiger partial charge in [-0.05, 0) is 75.9 Å². The highest BCUT2D eigenvalue weighted by Crippen LogP contribution is 2.33. The monoisotopic (exact) mass is 760 g/mol. The first-order valence-electron chi connectivity index (χ1n) is 16.6. The zero-order valence-corrected chi connectivity index (χ0v) is 30.4. The van der Waals surface area contributed by atoms with Gasteiger partial charge in [0, 0.05) is 61.4 Å². The van der Waals surface area contributed by atoms with Crippen molar-refractivity contribution in [3.63, 3.8) is 0 Å². The second-order valence-corrected chi connectivity index (χ2v) is 12.1. The third-order valence-electron chi connectivity index (χ3n) is 7.61. The molecule has 0 saturated heterocycles. The minimum absolute atomic E-state index is 0. The maximum atomic E-state index is 12.7. The molecule has 0 amide bonds. The van der Waals surface area contributed by atoms with Gasteiger partial charge in [0.1, 0.15) is 23.0 Å². The van der Waals surface area contributed by atoms with Crippen molar-refractivity contribution in [2.24, 2.45) is 10.9 Å². The second-order valence-electron chi connectivity index (χ2n) is 12.1. The Bertz CT molecular complexity index is 1950. The molecule has 0 saturated carbocycles. The quantitative estimate of drug-likeness (QED) is 0.0328. The van der Waals surface area contributed by atoms with Gasteiger partial charge < -0.3 is 43.5 Å². The van der Waals surface area contributed by atoms with Gasteiger partial charge in [-0.15, -0.1) is 0 Å². The minimum Gasteiger partial charge on any atom is -0.493 e. The smallest absolute Gasteiger partial charge is 0.471 e. The Balaban J connectivity index is 0.000000290. The molecule has 0 aliphatic heterocycles. The van der Waals surface area contributed by atoms with Crippen LogP contribution in [-0.4, -0.2) is 58.9 Å². The molecular weight excluding hydrogens is 713 g/mol. The predicted octanol–water partition coefficient (Wildman–Crippen LogP) is 7.70. The average Bonchev–Trinajstić information content (AvgIpc) is 3.88. The first-order valence-corrected chi connectivity index (χ1v) is 16.6. The fraction of sp³-hybridized carbons (Fsp3) is 0.432. The molecular formula is C37H47F3N6O8. The molecule has 0 spiro atoms. The molecule has 0 aliphatic rings. The maximum absolute atomic E-state index is 12.7. The lowest BCUT2D eigenvalue weighted by atomic mass is 10.0. The fourth-order valence-corrected chi connectivity index (χ4v) is 5.33. The lowest BCUT2D eigenvalue weighted by Gasteiger charge is -2.15. The molecule has 0 atom stereocenters. The summed E-state index contributed by atoms with van der Waals surface area (Å²) in [6.07, 6.45) is -1.73. The molecule has 5 aromatic rings. The molecule has 3 aromatic heterocycles. The Morgan fingerprint density at radius 1 is 0.759 bits per heavy atom. The summed E-state index contributed by atoms with van der Waals surface area (Å²) in [6.45, 7) is 9.03. The van der Waals surface area contributed by atoms with Crippen LogP contribution in [0.25, 0.3) is 11.4 Å². The molecule has 54 heavy (non-hydrogen) atoms. The number of aryl methyl sites for hydroxylation is 6. The van der Waals surface area contributed by atoms with Crippen LogP contribution in [0.15, 0.2) is 55.1 Å². The lowest BCUT2D eigenvalue weighted by molar-refractivity contribution is -0.159. The number of aromatic nitrogens is 4. The van der Waals surface area contributed by atoms with Crippen LogP contribution in [0.2, 0.25) is 0 Å². The topological polar surface area (TPSA) is 187 Å². The lowest BCUT2D eigenvalue weighted by Crippen LogP contribution is -2.14. The van der Waals surface area contributed by atoms with E-state index in [0.29, 0.717) is 55.1 Å². The van der Waals surface area contributed by atoms with Crippen molar-refractivity contribution in [1.82, 2.24) is 20.5 Å².